The van der Waals surface area contributed by atoms with Crippen molar-refractivity contribution < 1.29 is 4.79 Å². The van der Waals surface area contributed by atoms with Gasteiger partial charge in [-0.05, 0) is 25.1 Å². The maximum Gasteiger partial charge on any atom is 0.243 e. The number of carbonyl (C=O) groups is 1. The second-order valence-corrected chi connectivity index (χ2v) is 4.15. The van der Waals surface area contributed by atoms with Gasteiger partial charge in [-0.3, -0.25) is 4.79 Å². The van der Waals surface area contributed by atoms with E-state index in [1.54, 1.807) is 6.07 Å². The molecule has 1 aromatic carbocycles. The van der Waals surface area contributed by atoms with E-state index in [9.17, 15) is 4.79 Å². The van der Waals surface area contributed by atoms with Crippen molar-refractivity contribution in [3.63, 3.8) is 0 Å². The van der Waals surface area contributed by atoms with Crippen LogP contribution >= 0.6 is 11.6 Å². The molecule has 0 saturated heterocycles. The predicted molar refractivity (Wildman–Crippen MR) is 66.0 cm³/mol. The number of para-hydroxylation sites is 1. The molecule has 0 fully saturated rings. The van der Waals surface area contributed by atoms with Gasteiger partial charge in [0, 0.05) is 6.54 Å². The summed E-state index contributed by atoms with van der Waals surface area (Å²) in [6.45, 7) is 1.76. The second kappa shape index (κ2) is 4.72. The highest BCUT2D eigenvalue weighted by Crippen LogP contribution is 2.35. The Hall–Kier alpha value is -1.26. The standard InChI is InChI=1S/C11H14ClN3O/c12-8-3-1-4-9-11(8)14-10(16)7-15(9)6-2-5-13/h1,3-4H,2,5-7,13H2,(H,14,16). The van der Waals surface area contributed by atoms with Crippen molar-refractivity contribution in [3.8, 4) is 0 Å². The fraction of sp³-hybridized carbons (Fsp3) is 0.364. The van der Waals surface area contributed by atoms with Crippen LogP contribution in [0.2, 0.25) is 5.02 Å². The van der Waals surface area contributed by atoms with Gasteiger partial charge in [-0.1, -0.05) is 17.7 Å². The van der Waals surface area contributed by atoms with Crippen LogP contribution in [-0.2, 0) is 4.79 Å². The molecule has 0 atom stereocenters. The summed E-state index contributed by atoms with van der Waals surface area (Å²) >= 11 is 6.04. The monoisotopic (exact) mass is 239 g/mol. The molecule has 0 radical (unpaired) electrons. The molecular formula is C11H14ClN3O. The number of benzene rings is 1. The van der Waals surface area contributed by atoms with E-state index in [0.29, 0.717) is 23.8 Å². The zero-order valence-corrected chi connectivity index (χ0v) is 9.63. The number of nitrogens with one attached hydrogen (secondary N) is 1. The molecule has 2 rings (SSSR count). The molecule has 1 aliphatic heterocycles. The molecular weight excluding hydrogens is 226 g/mol. The number of hydrogen-bond donors (Lipinski definition) is 2. The minimum Gasteiger partial charge on any atom is -0.360 e. The molecule has 0 aromatic heterocycles. The fourth-order valence-corrected chi connectivity index (χ4v) is 2.04. The van der Waals surface area contributed by atoms with Crippen LogP contribution in [-0.4, -0.2) is 25.5 Å². The van der Waals surface area contributed by atoms with Gasteiger partial charge in [0.1, 0.15) is 0 Å². The van der Waals surface area contributed by atoms with Crippen LogP contribution in [0.4, 0.5) is 11.4 Å². The van der Waals surface area contributed by atoms with E-state index in [4.69, 9.17) is 17.3 Å². The fourth-order valence-electron chi connectivity index (χ4n) is 1.82. The SMILES string of the molecule is NCCCN1CC(=O)Nc2c(Cl)cccc21. The molecule has 1 amide bonds. The summed E-state index contributed by atoms with van der Waals surface area (Å²) in [6.07, 6.45) is 0.860. The first-order valence-electron chi connectivity index (χ1n) is 5.25. The second-order valence-electron chi connectivity index (χ2n) is 3.75. The summed E-state index contributed by atoms with van der Waals surface area (Å²) in [6, 6.07) is 5.61. The molecule has 3 N–H and O–H groups in total. The van der Waals surface area contributed by atoms with Gasteiger partial charge in [0.25, 0.3) is 0 Å². The average molecular weight is 240 g/mol. The lowest BCUT2D eigenvalue weighted by Gasteiger charge is -2.31. The minimum absolute atomic E-state index is 0.0300. The summed E-state index contributed by atoms with van der Waals surface area (Å²) in [4.78, 5) is 13.5. The molecule has 16 heavy (non-hydrogen) atoms. The van der Waals surface area contributed by atoms with Crippen LogP contribution in [0, 0.1) is 0 Å². The largest absolute Gasteiger partial charge is 0.360 e. The van der Waals surface area contributed by atoms with Crippen molar-refractivity contribution in [2.24, 2.45) is 5.73 Å². The lowest BCUT2D eigenvalue weighted by molar-refractivity contribution is -0.115. The van der Waals surface area contributed by atoms with Gasteiger partial charge in [0.05, 0.1) is 22.9 Å². The molecule has 0 spiro atoms. The molecule has 0 unspecified atom stereocenters. The molecule has 1 aromatic rings. The molecule has 0 aliphatic carbocycles. The first kappa shape index (κ1) is 11.2. The maximum atomic E-state index is 11.5. The topological polar surface area (TPSA) is 58.4 Å². The first-order chi connectivity index (χ1) is 7.72. The van der Waals surface area contributed by atoms with Crippen LogP contribution in [0.1, 0.15) is 6.42 Å². The van der Waals surface area contributed by atoms with Gasteiger partial charge in [-0.2, -0.15) is 0 Å². The third-order valence-corrected chi connectivity index (χ3v) is 2.88. The summed E-state index contributed by atoms with van der Waals surface area (Å²) in [5.74, 6) is -0.0300. The van der Waals surface area contributed by atoms with E-state index >= 15 is 0 Å². The number of anilines is 2. The first-order valence-corrected chi connectivity index (χ1v) is 5.63. The molecule has 1 aliphatic rings. The van der Waals surface area contributed by atoms with Crippen LogP contribution in [0.15, 0.2) is 18.2 Å². The smallest absolute Gasteiger partial charge is 0.243 e. The molecule has 0 saturated carbocycles. The highest BCUT2D eigenvalue weighted by atomic mass is 35.5. The number of fused-ring (bicyclic) bond motifs is 1. The Kier molecular flexibility index (Phi) is 3.31. The van der Waals surface area contributed by atoms with Crippen molar-refractivity contribution >= 4 is 28.9 Å². The van der Waals surface area contributed by atoms with Gasteiger partial charge in [0.2, 0.25) is 5.91 Å². The zero-order chi connectivity index (χ0) is 11.5. The number of nitrogens with two attached hydrogens (primary N) is 1. The number of amides is 1. The Bertz CT molecular complexity index is 408. The molecule has 1 heterocycles. The summed E-state index contributed by atoms with van der Waals surface area (Å²) < 4.78 is 0. The minimum atomic E-state index is -0.0300. The van der Waals surface area contributed by atoms with Crippen molar-refractivity contribution in [2.45, 2.75) is 6.42 Å². The van der Waals surface area contributed by atoms with Gasteiger partial charge in [-0.25, -0.2) is 0 Å². The van der Waals surface area contributed by atoms with E-state index in [-0.39, 0.29) is 5.91 Å². The highest BCUT2D eigenvalue weighted by Gasteiger charge is 2.22. The zero-order valence-electron chi connectivity index (χ0n) is 8.87. The number of rotatable bonds is 3. The number of nitrogens with zero attached hydrogens (tertiary/aromatic N) is 1. The number of halogens is 1. The lowest BCUT2D eigenvalue weighted by atomic mass is 10.2. The third kappa shape index (κ3) is 2.13. The van der Waals surface area contributed by atoms with Crippen LogP contribution in [0.25, 0.3) is 0 Å². The Morgan fingerprint density at radius 3 is 3.06 bits per heavy atom. The Labute approximate surface area is 99.4 Å². The Morgan fingerprint density at radius 2 is 2.31 bits per heavy atom. The third-order valence-electron chi connectivity index (χ3n) is 2.56. The van der Waals surface area contributed by atoms with Crippen molar-refractivity contribution in [1.29, 1.82) is 0 Å². The maximum absolute atomic E-state index is 11.5. The predicted octanol–water partition coefficient (Wildman–Crippen LogP) is 1.45. The van der Waals surface area contributed by atoms with E-state index in [2.05, 4.69) is 5.32 Å². The van der Waals surface area contributed by atoms with Gasteiger partial charge >= 0.3 is 0 Å². The van der Waals surface area contributed by atoms with Crippen molar-refractivity contribution in [1.82, 2.24) is 0 Å². The molecule has 0 bridgehead atoms. The van der Waals surface area contributed by atoms with Crippen LogP contribution in [0.3, 0.4) is 0 Å². The van der Waals surface area contributed by atoms with Crippen molar-refractivity contribution in [3.05, 3.63) is 23.2 Å². The molecule has 5 heteroatoms. The van der Waals surface area contributed by atoms with Crippen LogP contribution in [0.5, 0.6) is 0 Å². The molecule has 86 valence electrons. The number of hydrogen-bond acceptors (Lipinski definition) is 3. The lowest BCUT2D eigenvalue weighted by Crippen LogP contribution is -2.39. The quantitative estimate of drug-likeness (QED) is 0.840. The van der Waals surface area contributed by atoms with Crippen molar-refractivity contribution in [2.75, 3.05) is 29.9 Å². The van der Waals surface area contributed by atoms with Gasteiger partial charge in [0.15, 0.2) is 0 Å². The van der Waals surface area contributed by atoms with E-state index < -0.39 is 0 Å². The van der Waals surface area contributed by atoms with E-state index in [1.165, 1.54) is 0 Å². The van der Waals surface area contributed by atoms with Crippen LogP contribution < -0.4 is 16.0 Å². The summed E-state index contributed by atoms with van der Waals surface area (Å²) in [5, 5.41) is 3.36. The Morgan fingerprint density at radius 1 is 1.50 bits per heavy atom. The Balaban J connectivity index is 2.30. The van der Waals surface area contributed by atoms with E-state index in [1.807, 2.05) is 17.0 Å². The average Bonchev–Trinajstić information content (AvgIpc) is 2.27. The highest BCUT2D eigenvalue weighted by molar-refractivity contribution is 6.34. The number of carbonyl (C=O) groups excluding carboxylic acids is 1. The van der Waals surface area contributed by atoms with Gasteiger partial charge in [-0.15, -0.1) is 0 Å². The van der Waals surface area contributed by atoms with E-state index in [0.717, 1.165) is 18.7 Å². The summed E-state index contributed by atoms with van der Waals surface area (Å²) in [7, 11) is 0. The normalized spacial score (nSPS) is 14.6. The van der Waals surface area contributed by atoms with Gasteiger partial charge < -0.3 is 16.0 Å². The summed E-state index contributed by atoms with van der Waals surface area (Å²) in [5.41, 5.74) is 7.16. The molecule has 4 nitrogen and oxygen atoms in total.